The molecule has 0 saturated heterocycles. The number of rotatable bonds is 4. The summed E-state index contributed by atoms with van der Waals surface area (Å²) < 4.78 is 108. The molecule has 214 valence electrons. The van der Waals surface area contributed by atoms with Gasteiger partial charge in [0, 0.05) is 27.4 Å². The molecule has 2 amide bonds. The van der Waals surface area contributed by atoms with E-state index in [0.29, 0.717) is 16.8 Å². The lowest BCUT2D eigenvalue weighted by molar-refractivity contribution is -0.142. The van der Waals surface area contributed by atoms with Crippen LogP contribution in [0.4, 0.5) is 40.8 Å². The molecule has 0 unspecified atom stereocenters. The topological polar surface area (TPSA) is 76.0 Å². The Morgan fingerprint density at radius 3 is 2.37 bits per heavy atom. The van der Waals surface area contributed by atoms with E-state index in [1.165, 1.54) is 6.07 Å². The maximum atomic E-state index is 14.1. The Balaban J connectivity index is 1.74. The van der Waals surface area contributed by atoms with Gasteiger partial charge in [0.05, 0.1) is 28.1 Å². The van der Waals surface area contributed by atoms with E-state index in [-0.39, 0.29) is 44.4 Å². The van der Waals surface area contributed by atoms with Crippen LogP contribution in [-0.2, 0) is 12.7 Å². The second-order valence-corrected chi connectivity index (χ2v) is 9.69. The number of anilines is 1. The van der Waals surface area contributed by atoms with Gasteiger partial charge in [0.2, 0.25) is 0 Å². The molecule has 0 spiro atoms. The zero-order valence-corrected chi connectivity index (χ0v) is 21.3. The van der Waals surface area contributed by atoms with Crippen LogP contribution in [0.5, 0.6) is 0 Å². The first-order valence-corrected chi connectivity index (χ1v) is 12.0. The number of halogens is 10. The highest BCUT2D eigenvalue weighted by Gasteiger charge is 2.39. The van der Waals surface area contributed by atoms with Crippen molar-refractivity contribution in [3.05, 3.63) is 92.1 Å². The number of carbonyl (C=O) groups excluding carboxylic acids is 2. The van der Waals surface area contributed by atoms with Crippen LogP contribution >= 0.6 is 23.2 Å². The second kappa shape index (κ2) is 9.87. The van der Waals surface area contributed by atoms with Crippen molar-refractivity contribution >= 4 is 51.6 Å². The monoisotopic (exact) mass is 622 g/mol. The van der Waals surface area contributed by atoms with Crippen LogP contribution in [0.15, 0.2) is 42.5 Å². The Hall–Kier alpha value is -3.91. The summed E-state index contributed by atoms with van der Waals surface area (Å²) in [5.41, 5.74) is -3.49. The normalized spacial score (nSPS) is 15.3. The Morgan fingerprint density at radius 1 is 1.00 bits per heavy atom. The third-order valence-electron chi connectivity index (χ3n) is 6.16. The molecule has 0 radical (unpaired) electrons. The van der Waals surface area contributed by atoms with Gasteiger partial charge in [-0.05, 0) is 42.5 Å². The van der Waals surface area contributed by atoms with Gasteiger partial charge in [0.15, 0.2) is 5.15 Å². The number of nitrogens with one attached hydrogen (secondary N) is 2. The summed E-state index contributed by atoms with van der Waals surface area (Å²) in [7, 11) is 0. The maximum Gasteiger partial charge on any atom is 0.416 e. The van der Waals surface area contributed by atoms with E-state index in [4.69, 9.17) is 23.2 Å². The minimum Gasteiger partial charge on any atom is -0.341 e. The summed E-state index contributed by atoms with van der Waals surface area (Å²) in [6, 6.07) is 3.90. The number of alkyl halides is 6. The molecule has 1 aliphatic heterocycles. The van der Waals surface area contributed by atoms with Crippen LogP contribution in [0.3, 0.4) is 0 Å². The van der Waals surface area contributed by atoms with Gasteiger partial charge in [-0.3, -0.25) is 14.3 Å². The first-order valence-electron chi connectivity index (χ1n) is 11.3. The molecule has 0 bridgehead atoms. The Labute approximate surface area is 233 Å². The lowest BCUT2D eigenvalue weighted by Crippen LogP contribution is -2.21. The molecule has 3 aromatic carbocycles. The van der Waals surface area contributed by atoms with Crippen LogP contribution in [0.2, 0.25) is 10.2 Å². The standard InChI is InChI=1S/C25H12Cl2F8N4O2/c26-14-2-1-11(28)6-13(14)20-17-15(36-22(40)9-3-10(25(33,34)35)5-12(29)4-9)7-16-18(19(17)23(41)37-20)21(27)38-39(16)8-24(30,31)32/h1-7,20H,8H2,(H,36,40)(H,37,41)/t20-/m1/s1. The molecule has 1 aliphatic rings. The first-order chi connectivity index (χ1) is 19.0. The van der Waals surface area contributed by atoms with E-state index < -0.39 is 64.7 Å². The fourth-order valence-corrected chi connectivity index (χ4v) is 5.07. The summed E-state index contributed by atoms with van der Waals surface area (Å²) in [5, 5.41) is 7.62. The van der Waals surface area contributed by atoms with Gasteiger partial charge in [0.25, 0.3) is 11.8 Å². The molecule has 16 heteroatoms. The van der Waals surface area contributed by atoms with E-state index in [1.807, 2.05) is 0 Å². The predicted molar refractivity (Wildman–Crippen MR) is 131 cm³/mol. The number of fused-ring (bicyclic) bond motifs is 3. The third kappa shape index (κ3) is 5.40. The van der Waals surface area contributed by atoms with Crippen LogP contribution < -0.4 is 10.6 Å². The number of benzene rings is 3. The molecule has 0 aliphatic carbocycles. The molecule has 1 atom stereocenters. The number of nitrogens with zero attached hydrogens (tertiary/aromatic N) is 2. The van der Waals surface area contributed by atoms with E-state index in [1.54, 1.807) is 0 Å². The minimum atomic E-state index is -5.01. The molecule has 2 heterocycles. The molecular formula is C25H12Cl2F8N4O2. The lowest BCUT2D eigenvalue weighted by atomic mass is 9.94. The third-order valence-corrected chi connectivity index (χ3v) is 6.77. The zero-order chi connectivity index (χ0) is 30.0. The maximum absolute atomic E-state index is 14.1. The number of hydrogen-bond donors (Lipinski definition) is 2. The van der Waals surface area contributed by atoms with Crippen molar-refractivity contribution in [2.75, 3.05) is 5.32 Å². The molecule has 6 nitrogen and oxygen atoms in total. The fourth-order valence-electron chi connectivity index (χ4n) is 4.56. The zero-order valence-electron chi connectivity index (χ0n) is 19.8. The lowest BCUT2D eigenvalue weighted by Gasteiger charge is -2.19. The average molecular weight is 623 g/mol. The highest BCUT2D eigenvalue weighted by atomic mass is 35.5. The van der Waals surface area contributed by atoms with Crippen molar-refractivity contribution in [3.8, 4) is 0 Å². The highest BCUT2D eigenvalue weighted by Crippen LogP contribution is 2.45. The Kier molecular flexibility index (Phi) is 6.89. The van der Waals surface area contributed by atoms with Crippen molar-refractivity contribution < 1.29 is 44.7 Å². The van der Waals surface area contributed by atoms with Crippen molar-refractivity contribution in [1.82, 2.24) is 15.1 Å². The molecule has 0 fully saturated rings. The van der Waals surface area contributed by atoms with Crippen LogP contribution in [0.1, 0.15) is 43.4 Å². The van der Waals surface area contributed by atoms with Gasteiger partial charge in [-0.25, -0.2) is 8.78 Å². The van der Waals surface area contributed by atoms with Gasteiger partial charge in [-0.2, -0.15) is 31.4 Å². The molecule has 1 aromatic heterocycles. The fraction of sp³-hybridized carbons (Fsp3) is 0.160. The van der Waals surface area contributed by atoms with E-state index in [0.717, 1.165) is 18.2 Å². The van der Waals surface area contributed by atoms with Gasteiger partial charge >= 0.3 is 12.4 Å². The van der Waals surface area contributed by atoms with E-state index in [9.17, 15) is 44.7 Å². The minimum absolute atomic E-state index is 0.0162. The quantitative estimate of drug-likeness (QED) is 0.235. The van der Waals surface area contributed by atoms with Gasteiger partial charge in [-0.1, -0.05) is 23.2 Å². The van der Waals surface area contributed by atoms with Gasteiger partial charge in [0.1, 0.15) is 18.2 Å². The van der Waals surface area contributed by atoms with Gasteiger partial charge < -0.3 is 10.6 Å². The smallest absolute Gasteiger partial charge is 0.341 e. The van der Waals surface area contributed by atoms with Crippen molar-refractivity contribution in [2.24, 2.45) is 0 Å². The summed E-state index contributed by atoms with van der Waals surface area (Å²) in [6.45, 7) is -1.65. The Morgan fingerprint density at radius 2 is 1.71 bits per heavy atom. The molecule has 41 heavy (non-hydrogen) atoms. The second-order valence-electron chi connectivity index (χ2n) is 8.92. The molecular weight excluding hydrogens is 611 g/mol. The summed E-state index contributed by atoms with van der Waals surface area (Å²) in [4.78, 5) is 26.2. The van der Waals surface area contributed by atoms with Crippen LogP contribution in [0.25, 0.3) is 10.9 Å². The molecule has 2 N–H and O–H groups in total. The van der Waals surface area contributed by atoms with Crippen molar-refractivity contribution in [2.45, 2.75) is 24.9 Å². The average Bonchev–Trinajstić information content (AvgIpc) is 3.35. The summed E-state index contributed by atoms with van der Waals surface area (Å²) in [6.07, 6.45) is -9.80. The van der Waals surface area contributed by atoms with Gasteiger partial charge in [-0.15, -0.1) is 0 Å². The number of amides is 2. The van der Waals surface area contributed by atoms with Crippen LogP contribution in [0, 0.1) is 11.6 Å². The van der Waals surface area contributed by atoms with E-state index in [2.05, 4.69) is 15.7 Å². The largest absolute Gasteiger partial charge is 0.416 e. The van der Waals surface area contributed by atoms with Crippen molar-refractivity contribution in [3.63, 3.8) is 0 Å². The summed E-state index contributed by atoms with van der Waals surface area (Å²) in [5.74, 6) is -4.35. The highest BCUT2D eigenvalue weighted by molar-refractivity contribution is 6.36. The van der Waals surface area contributed by atoms with Crippen LogP contribution in [-0.4, -0.2) is 27.8 Å². The Bertz CT molecular complexity index is 1750. The van der Waals surface area contributed by atoms with Crippen molar-refractivity contribution in [1.29, 1.82) is 0 Å². The molecule has 5 rings (SSSR count). The van der Waals surface area contributed by atoms with E-state index >= 15 is 0 Å². The number of carbonyl (C=O) groups is 2. The predicted octanol–water partition coefficient (Wildman–Crippen LogP) is 7.29. The first kappa shape index (κ1) is 28.6. The number of hydrogen-bond acceptors (Lipinski definition) is 3. The summed E-state index contributed by atoms with van der Waals surface area (Å²) >= 11 is 12.4. The molecule has 4 aromatic rings. The molecule has 0 saturated carbocycles. The SMILES string of the molecule is O=C(Nc1cc2c(c(Cl)nn2CC(F)(F)F)c2c1[C@@H](c1cc(F)ccc1Cl)NC2=O)c1cc(F)cc(C(F)(F)F)c1. The number of aromatic nitrogens is 2.